The number of piperidine rings is 1. The molecular formula is C13H23NO6S. The fourth-order valence-electron chi connectivity index (χ4n) is 2.80. The van der Waals surface area contributed by atoms with Crippen molar-refractivity contribution < 1.29 is 26.9 Å². The second-order valence-electron chi connectivity index (χ2n) is 6.63. The Bertz CT molecular complexity index is 483. The minimum atomic E-state index is -3.50. The normalized spacial score (nSPS) is 30.1. The number of nitrogens with zero attached hydrogens (tertiary/aromatic N) is 1. The predicted octanol–water partition coefficient (Wildman–Crippen LogP) is 1.13. The summed E-state index contributed by atoms with van der Waals surface area (Å²) in [7, 11) is -3.50. The lowest BCUT2D eigenvalue weighted by atomic mass is 9.92. The fraction of sp³-hybridized carbons (Fsp3) is 0.923. The van der Waals surface area contributed by atoms with Crippen LogP contribution < -0.4 is 0 Å². The Labute approximate surface area is 125 Å². The van der Waals surface area contributed by atoms with Crippen molar-refractivity contribution in [3.63, 3.8) is 0 Å². The van der Waals surface area contributed by atoms with Gasteiger partial charge < -0.3 is 9.47 Å². The van der Waals surface area contributed by atoms with Gasteiger partial charge in [-0.15, -0.1) is 0 Å². The van der Waals surface area contributed by atoms with E-state index < -0.39 is 21.8 Å². The summed E-state index contributed by atoms with van der Waals surface area (Å²) in [5, 5.41) is 0. The molecule has 0 saturated carbocycles. The van der Waals surface area contributed by atoms with Crippen molar-refractivity contribution in [2.45, 2.75) is 57.4 Å². The van der Waals surface area contributed by atoms with Crippen LogP contribution in [0.5, 0.6) is 0 Å². The average Bonchev–Trinajstić information content (AvgIpc) is 2.22. The Hall–Kier alpha value is -0.860. The molecule has 2 rings (SSSR count). The van der Waals surface area contributed by atoms with Crippen LogP contribution >= 0.6 is 0 Å². The molecule has 8 heteroatoms. The minimum absolute atomic E-state index is 0.209. The number of amides is 1. The smallest absolute Gasteiger partial charge is 0.410 e. The van der Waals surface area contributed by atoms with Gasteiger partial charge in [0.15, 0.2) is 0 Å². The highest BCUT2D eigenvalue weighted by Gasteiger charge is 2.44. The lowest BCUT2D eigenvalue weighted by Gasteiger charge is -2.47. The molecule has 0 aromatic carbocycles. The Morgan fingerprint density at radius 3 is 2.14 bits per heavy atom. The van der Waals surface area contributed by atoms with Crippen LogP contribution in [0.4, 0.5) is 4.79 Å². The Morgan fingerprint density at radius 1 is 1.19 bits per heavy atom. The van der Waals surface area contributed by atoms with Crippen molar-refractivity contribution in [1.82, 2.24) is 4.90 Å². The molecule has 0 N–H and O–H groups in total. The quantitative estimate of drug-likeness (QED) is 0.709. The number of hydrogen-bond donors (Lipinski definition) is 0. The molecule has 2 fully saturated rings. The van der Waals surface area contributed by atoms with Crippen LogP contribution in [0.15, 0.2) is 0 Å². The maximum atomic E-state index is 12.3. The third-order valence-electron chi connectivity index (χ3n) is 3.39. The number of carbonyl (C=O) groups is 1. The number of hydrogen-bond acceptors (Lipinski definition) is 6. The van der Waals surface area contributed by atoms with E-state index in [4.69, 9.17) is 13.7 Å². The number of rotatable bonds is 2. The molecule has 0 spiro atoms. The van der Waals surface area contributed by atoms with Gasteiger partial charge in [0.1, 0.15) is 5.60 Å². The molecule has 2 heterocycles. The van der Waals surface area contributed by atoms with Crippen LogP contribution in [0, 0.1) is 0 Å². The zero-order valence-electron chi connectivity index (χ0n) is 12.9. The topological polar surface area (TPSA) is 82.1 Å². The van der Waals surface area contributed by atoms with E-state index in [0.717, 1.165) is 6.26 Å². The molecule has 0 aliphatic carbocycles. The van der Waals surface area contributed by atoms with Gasteiger partial charge in [0.25, 0.3) is 10.1 Å². The van der Waals surface area contributed by atoms with Crippen molar-refractivity contribution in [1.29, 1.82) is 0 Å². The molecule has 0 aromatic heterocycles. The standard InChI is InChI=1S/C13H23NO6S/c1-13(2,3)19-12(15)14-9-5-11(20-21(4,16)17)6-10(14)8-18-7-9/h9-11H,5-8H2,1-4H3. The molecule has 1 amide bonds. The maximum Gasteiger partial charge on any atom is 0.410 e. The van der Waals surface area contributed by atoms with Gasteiger partial charge in [-0.05, 0) is 33.6 Å². The second kappa shape index (κ2) is 5.73. The van der Waals surface area contributed by atoms with Crippen LogP contribution in [-0.2, 0) is 23.8 Å². The Morgan fingerprint density at radius 2 is 1.71 bits per heavy atom. The fourth-order valence-corrected chi connectivity index (χ4v) is 3.46. The van der Waals surface area contributed by atoms with E-state index in [1.807, 2.05) is 20.8 Å². The molecule has 7 nitrogen and oxygen atoms in total. The van der Waals surface area contributed by atoms with Gasteiger partial charge in [0.2, 0.25) is 0 Å². The molecule has 2 saturated heterocycles. The number of fused-ring (bicyclic) bond motifs is 2. The van der Waals surface area contributed by atoms with Crippen LogP contribution in [-0.4, -0.2) is 62.7 Å². The summed E-state index contributed by atoms with van der Waals surface area (Å²) in [4.78, 5) is 14.0. The predicted molar refractivity (Wildman–Crippen MR) is 75.4 cm³/mol. The zero-order chi connectivity index (χ0) is 15.8. The first-order valence-electron chi connectivity index (χ1n) is 7.02. The molecule has 2 unspecified atom stereocenters. The first-order chi connectivity index (χ1) is 9.55. The van der Waals surface area contributed by atoms with Crippen molar-refractivity contribution in [3.05, 3.63) is 0 Å². The molecule has 0 aromatic rings. The van der Waals surface area contributed by atoms with E-state index >= 15 is 0 Å². The van der Waals surface area contributed by atoms with Gasteiger partial charge in [-0.2, -0.15) is 8.42 Å². The van der Waals surface area contributed by atoms with E-state index in [-0.39, 0.29) is 18.2 Å². The maximum absolute atomic E-state index is 12.3. The van der Waals surface area contributed by atoms with Crippen LogP contribution in [0.1, 0.15) is 33.6 Å². The van der Waals surface area contributed by atoms with E-state index in [1.165, 1.54) is 0 Å². The minimum Gasteiger partial charge on any atom is -0.444 e. The second-order valence-corrected chi connectivity index (χ2v) is 8.23. The SMILES string of the molecule is CC(C)(C)OC(=O)N1C2COCC1CC(OS(C)(=O)=O)C2. The summed E-state index contributed by atoms with van der Waals surface area (Å²) in [6, 6.07) is -0.418. The monoisotopic (exact) mass is 321 g/mol. The lowest BCUT2D eigenvalue weighted by molar-refractivity contribution is -0.0985. The van der Waals surface area contributed by atoms with Crippen LogP contribution in [0.3, 0.4) is 0 Å². The largest absolute Gasteiger partial charge is 0.444 e. The highest BCUT2D eigenvalue weighted by Crippen LogP contribution is 2.31. The lowest BCUT2D eigenvalue weighted by Crippen LogP contribution is -2.61. The van der Waals surface area contributed by atoms with E-state index in [0.29, 0.717) is 26.1 Å². The van der Waals surface area contributed by atoms with Crippen molar-refractivity contribution in [2.75, 3.05) is 19.5 Å². The zero-order valence-corrected chi connectivity index (χ0v) is 13.7. The van der Waals surface area contributed by atoms with Gasteiger partial charge in [-0.3, -0.25) is 9.08 Å². The van der Waals surface area contributed by atoms with Gasteiger partial charge in [-0.1, -0.05) is 0 Å². The number of morpholine rings is 1. The van der Waals surface area contributed by atoms with Gasteiger partial charge >= 0.3 is 6.09 Å². The summed E-state index contributed by atoms with van der Waals surface area (Å²) in [5.74, 6) is 0. The Balaban J connectivity index is 2.07. The molecular weight excluding hydrogens is 298 g/mol. The summed E-state index contributed by atoms with van der Waals surface area (Å²) in [6.07, 6.45) is 1.13. The van der Waals surface area contributed by atoms with Gasteiger partial charge in [0.05, 0.1) is 37.7 Å². The third kappa shape index (κ3) is 4.55. The van der Waals surface area contributed by atoms with E-state index in [1.54, 1.807) is 4.90 Å². The highest BCUT2D eigenvalue weighted by molar-refractivity contribution is 7.86. The first-order valence-corrected chi connectivity index (χ1v) is 8.84. The van der Waals surface area contributed by atoms with Gasteiger partial charge in [0, 0.05) is 0 Å². The summed E-state index contributed by atoms with van der Waals surface area (Å²) < 4.78 is 38.5. The van der Waals surface area contributed by atoms with Gasteiger partial charge in [-0.25, -0.2) is 4.79 Å². The molecule has 2 aliphatic heterocycles. The number of ether oxygens (including phenoxy) is 2. The summed E-state index contributed by atoms with van der Waals surface area (Å²) in [6.45, 7) is 6.20. The molecule has 0 radical (unpaired) electrons. The first kappa shape index (κ1) is 16.5. The van der Waals surface area contributed by atoms with E-state index in [2.05, 4.69) is 0 Å². The number of carbonyl (C=O) groups excluding carboxylic acids is 1. The molecule has 2 bridgehead atoms. The Kier molecular flexibility index (Phi) is 4.51. The van der Waals surface area contributed by atoms with Crippen molar-refractivity contribution >= 4 is 16.2 Å². The van der Waals surface area contributed by atoms with Crippen molar-refractivity contribution in [2.24, 2.45) is 0 Å². The van der Waals surface area contributed by atoms with Crippen LogP contribution in [0.25, 0.3) is 0 Å². The van der Waals surface area contributed by atoms with E-state index in [9.17, 15) is 13.2 Å². The summed E-state index contributed by atoms with van der Waals surface area (Å²) in [5.41, 5.74) is -0.563. The average molecular weight is 321 g/mol. The van der Waals surface area contributed by atoms with Crippen LogP contribution in [0.2, 0.25) is 0 Å². The molecule has 122 valence electrons. The highest BCUT2D eigenvalue weighted by atomic mass is 32.2. The molecule has 21 heavy (non-hydrogen) atoms. The van der Waals surface area contributed by atoms with Crippen molar-refractivity contribution in [3.8, 4) is 0 Å². The molecule has 2 atom stereocenters. The summed E-state index contributed by atoms with van der Waals surface area (Å²) >= 11 is 0. The third-order valence-corrected chi connectivity index (χ3v) is 4.01. The molecule has 2 aliphatic rings.